The van der Waals surface area contributed by atoms with Gasteiger partial charge in [0.05, 0.1) is 16.6 Å². The highest BCUT2D eigenvalue weighted by Gasteiger charge is 2.22. The number of thiophene rings is 1. The van der Waals surface area contributed by atoms with Crippen molar-refractivity contribution in [3.8, 4) is 0 Å². The first-order valence-corrected chi connectivity index (χ1v) is 10.4. The van der Waals surface area contributed by atoms with Crippen molar-refractivity contribution in [1.82, 2.24) is 14.8 Å². The third-order valence-corrected chi connectivity index (χ3v) is 6.65. The van der Waals surface area contributed by atoms with Crippen molar-refractivity contribution in [2.75, 3.05) is 5.32 Å². The minimum absolute atomic E-state index is 0.0549. The smallest absolute Gasteiger partial charge is 0.265 e. The summed E-state index contributed by atoms with van der Waals surface area (Å²) in [7, 11) is 0. The molecule has 27 heavy (non-hydrogen) atoms. The number of amides is 1. The summed E-state index contributed by atoms with van der Waals surface area (Å²) in [5.41, 5.74) is 2.90. The molecule has 1 saturated carbocycles. The summed E-state index contributed by atoms with van der Waals surface area (Å²) in [6.45, 7) is 2.04. The fraction of sp³-hybridized carbons (Fsp3) is 0.333. The Kier molecular flexibility index (Phi) is 4.01. The SMILES string of the molecule is Cc1nn(C2CCCCC2)c2sc(C(=O)Nc3ccc4[nH]ccc4c3)cc12. The number of nitrogens with zero attached hydrogens (tertiary/aromatic N) is 2. The molecule has 0 spiro atoms. The van der Waals surface area contributed by atoms with E-state index in [2.05, 4.69) is 15.0 Å². The Morgan fingerprint density at radius 1 is 1.22 bits per heavy atom. The molecule has 1 aliphatic carbocycles. The molecule has 5 rings (SSSR count). The van der Waals surface area contributed by atoms with Gasteiger partial charge in [0.25, 0.3) is 5.91 Å². The van der Waals surface area contributed by atoms with Gasteiger partial charge in [-0.05, 0) is 50.1 Å². The lowest BCUT2D eigenvalue weighted by molar-refractivity contribution is 0.103. The van der Waals surface area contributed by atoms with Crippen LogP contribution in [0.1, 0.15) is 53.5 Å². The molecule has 0 bridgehead atoms. The van der Waals surface area contributed by atoms with Crippen molar-refractivity contribution in [2.24, 2.45) is 0 Å². The largest absolute Gasteiger partial charge is 0.361 e. The highest BCUT2D eigenvalue weighted by molar-refractivity contribution is 7.20. The molecule has 3 heterocycles. The molecule has 1 fully saturated rings. The standard InChI is InChI=1S/C21H22N4OS/c1-13-17-12-19(27-21(17)25(24-13)16-5-3-2-4-6-16)20(26)23-15-7-8-18-14(11-15)9-10-22-18/h7-12,16,22H,2-6H2,1H3,(H,23,26). The highest BCUT2D eigenvalue weighted by Crippen LogP contribution is 2.35. The lowest BCUT2D eigenvalue weighted by atomic mass is 9.96. The topological polar surface area (TPSA) is 62.7 Å². The summed E-state index contributed by atoms with van der Waals surface area (Å²) < 4.78 is 2.18. The molecule has 0 radical (unpaired) electrons. The van der Waals surface area contributed by atoms with Gasteiger partial charge in [-0.2, -0.15) is 5.10 Å². The van der Waals surface area contributed by atoms with E-state index in [-0.39, 0.29) is 5.91 Å². The van der Waals surface area contributed by atoms with E-state index in [1.165, 1.54) is 32.1 Å². The predicted molar refractivity (Wildman–Crippen MR) is 111 cm³/mol. The van der Waals surface area contributed by atoms with E-state index in [0.29, 0.717) is 6.04 Å². The van der Waals surface area contributed by atoms with Gasteiger partial charge < -0.3 is 10.3 Å². The minimum atomic E-state index is -0.0549. The first-order valence-electron chi connectivity index (χ1n) is 9.56. The van der Waals surface area contributed by atoms with E-state index in [0.717, 1.165) is 37.4 Å². The van der Waals surface area contributed by atoms with Crippen molar-refractivity contribution < 1.29 is 4.79 Å². The van der Waals surface area contributed by atoms with Crippen LogP contribution in [0.5, 0.6) is 0 Å². The Hall–Kier alpha value is -2.60. The molecule has 1 aliphatic rings. The molecule has 1 amide bonds. The Bertz CT molecular complexity index is 1130. The first kappa shape index (κ1) is 16.6. The summed E-state index contributed by atoms with van der Waals surface area (Å²) in [6, 6.07) is 10.4. The molecular weight excluding hydrogens is 356 g/mol. The second-order valence-corrected chi connectivity index (χ2v) is 8.42. The number of fused-ring (bicyclic) bond motifs is 2. The summed E-state index contributed by atoms with van der Waals surface area (Å²) in [5.74, 6) is -0.0549. The molecule has 1 aromatic carbocycles. The van der Waals surface area contributed by atoms with Crippen LogP contribution in [0, 0.1) is 6.92 Å². The molecule has 2 N–H and O–H groups in total. The van der Waals surface area contributed by atoms with Crippen LogP contribution in [0.25, 0.3) is 21.1 Å². The number of anilines is 1. The van der Waals surface area contributed by atoms with Crippen LogP contribution in [0.15, 0.2) is 36.5 Å². The third kappa shape index (κ3) is 2.94. The zero-order chi connectivity index (χ0) is 18.4. The van der Waals surface area contributed by atoms with Crippen molar-refractivity contribution in [2.45, 2.75) is 45.1 Å². The number of hydrogen-bond donors (Lipinski definition) is 2. The monoisotopic (exact) mass is 378 g/mol. The van der Waals surface area contributed by atoms with E-state index < -0.39 is 0 Å². The highest BCUT2D eigenvalue weighted by atomic mass is 32.1. The summed E-state index contributed by atoms with van der Waals surface area (Å²) >= 11 is 1.55. The summed E-state index contributed by atoms with van der Waals surface area (Å²) in [6.07, 6.45) is 8.14. The number of benzene rings is 1. The van der Waals surface area contributed by atoms with Gasteiger partial charge in [-0.1, -0.05) is 19.3 Å². The van der Waals surface area contributed by atoms with Gasteiger partial charge in [-0.3, -0.25) is 9.48 Å². The number of carbonyl (C=O) groups is 1. The molecule has 0 aliphatic heterocycles. The Morgan fingerprint density at radius 2 is 2.07 bits per heavy atom. The van der Waals surface area contributed by atoms with E-state index in [9.17, 15) is 4.79 Å². The number of aromatic amines is 1. The van der Waals surface area contributed by atoms with Crippen LogP contribution in [0.4, 0.5) is 5.69 Å². The third-order valence-electron chi connectivity index (χ3n) is 5.52. The molecular formula is C21H22N4OS. The Labute approximate surface area is 161 Å². The van der Waals surface area contributed by atoms with Crippen LogP contribution < -0.4 is 5.32 Å². The van der Waals surface area contributed by atoms with Gasteiger partial charge >= 0.3 is 0 Å². The summed E-state index contributed by atoms with van der Waals surface area (Å²) in [4.78, 5) is 17.9. The molecule has 6 heteroatoms. The number of nitrogens with one attached hydrogen (secondary N) is 2. The maximum absolute atomic E-state index is 12.8. The maximum Gasteiger partial charge on any atom is 0.265 e. The van der Waals surface area contributed by atoms with Crippen molar-refractivity contribution >= 4 is 44.1 Å². The van der Waals surface area contributed by atoms with E-state index in [1.54, 1.807) is 11.3 Å². The van der Waals surface area contributed by atoms with Gasteiger partial charge in [0.15, 0.2) is 0 Å². The van der Waals surface area contributed by atoms with Crippen LogP contribution >= 0.6 is 11.3 Å². The fourth-order valence-electron chi connectivity index (χ4n) is 4.08. The van der Waals surface area contributed by atoms with Crippen LogP contribution in [-0.4, -0.2) is 20.7 Å². The van der Waals surface area contributed by atoms with E-state index in [4.69, 9.17) is 5.10 Å². The Morgan fingerprint density at radius 3 is 2.93 bits per heavy atom. The van der Waals surface area contributed by atoms with Crippen molar-refractivity contribution in [1.29, 1.82) is 0 Å². The van der Waals surface area contributed by atoms with Gasteiger partial charge in [-0.15, -0.1) is 11.3 Å². The second kappa shape index (κ2) is 6.53. The predicted octanol–water partition coefficient (Wildman–Crippen LogP) is 5.65. The molecule has 138 valence electrons. The summed E-state index contributed by atoms with van der Waals surface area (Å²) in [5, 5.41) is 10.0. The average molecular weight is 379 g/mol. The lowest BCUT2D eigenvalue weighted by Crippen LogP contribution is -2.14. The number of hydrogen-bond acceptors (Lipinski definition) is 3. The lowest BCUT2D eigenvalue weighted by Gasteiger charge is -2.22. The van der Waals surface area contributed by atoms with Crippen molar-refractivity contribution in [3.63, 3.8) is 0 Å². The quantitative estimate of drug-likeness (QED) is 0.484. The number of aromatic nitrogens is 3. The number of carbonyl (C=O) groups excluding carboxylic acids is 1. The zero-order valence-electron chi connectivity index (χ0n) is 15.3. The van der Waals surface area contributed by atoms with E-state index >= 15 is 0 Å². The average Bonchev–Trinajstić information content (AvgIpc) is 3.38. The fourth-order valence-corrected chi connectivity index (χ4v) is 5.21. The minimum Gasteiger partial charge on any atom is -0.361 e. The molecule has 0 unspecified atom stereocenters. The molecule has 5 nitrogen and oxygen atoms in total. The number of rotatable bonds is 3. The first-order chi connectivity index (χ1) is 13.2. The van der Waals surface area contributed by atoms with Gasteiger partial charge in [0.2, 0.25) is 0 Å². The van der Waals surface area contributed by atoms with E-state index in [1.807, 2.05) is 43.5 Å². The van der Waals surface area contributed by atoms with Gasteiger partial charge in [0.1, 0.15) is 4.83 Å². The normalized spacial score (nSPS) is 15.6. The van der Waals surface area contributed by atoms with Crippen LogP contribution in [0.2, 0.25) is 0 Å². The molecule has 0 saturated heterocycles. The van der Waals surface area contributed by atoms with Gasteiger partial charge in [-0.25, -0.2) is 0 Å². The number of H-pyrrole nitrogens is 1. The number of aryl methyl sites for hydroxylation is 1. The maximum atomic E-state index is 12.8. The molecule has 4 aromatic rings. The second-order valence-electron chi connectivity index (χ2n) is 7.39. The molecule has 0 atom stereocenters. The zero-order valence-corrected chi connectivity index (χ0v) is 16.1. The van der Waals surface area contributed by atoms with Crippen molar-refractivity contribution in [3.05, 3.63) is 47.1 Å². The van der Waals surface area contributed by atoms with Gasteiger partial charge in [0, 0.05) is 28.2 Å². The van der Waals surface area contributed by atoms with Crippen LogP contribution in [-0.2, 0) is 0 Å². The van der Waals surface area contributed by atoms with Crippen LogP contribution in [0.3, 0.4) is 0 Å². The Balaban J connectivity index is 1.44. The molecule has 3 aromatic heterocycles.